The molecule has 1 aromatic rings. The van der Waals surface area contributed by atoms with Gasteiger partial charge in [-0.3, -0.25) is 4.79 Å². The maximum atomic E-state index is 11.4. The number of carbonyl (C=O) groups is 1. The summed E-state index contributed by atoms with van der Waals surface area (Å²) in [4.78, 5) is 11.4. The fourth-order valence-corrected chi connectivity index (χ4v) is 3.17. The summed E-state index contributed by atoms with van der Waals surface area (Å²) in [5, 5.41) is 0. The molecule has 0 aliphatic heterocycles. The van der Waals surface area contributed by atoms with E-state index in [1.165, 1.54) is 43.2 Å². The molecule has 2 N–H and O–H groups in total. The van der Waals surface area contributed by atoms with E-state index < -0.39 is 0 Å². The van der Waals surface area contributed by atoms with Gasteiger partial charge < -0.3 is 10.5 Å². The maximum absolute atomic E-state index is 11.4. The molecule has 1 atom stereocenters. The maximum Gasteiger partial charge on any atom is 0.307 e. The van der Waals surface area contributed by atoms with Gasteiger partial charge in [0.2, 0.25) is 0 Å². The third kappa shape index (κ3) is 5.16. The molecule has 1 aromatic carbocycles. The summed E-state index contributed by atoms with van der Waals surface area (Å²) in [6, 6.07) is 8.64. The number of hydrogen-bond acceptors (Lipinski definition) is 3. The van der Waals surface area contributed by atoms with Crippen molar-refractivity contribution in [3.8, 4) is 0 Å². The number of nitrogens with two attached hydrogens (primary N) is 1. The Bertz CT molecular complexity index is 435. The summed E-state index contributed by atoms with van der Waals surface area (Å²) < 4.78 is 4.93. The molecule has 0 amide bonds. The Labute approximate surface area is 127 Å². The Morgan fingerprint density at radius 2 is 1.90 bits per heavy atom. The van der Waals surface area contributed by atoms with E-state index in [-0.39, 0.29) is 18.4 Å². The second kappa shape index (κ2) is 8.18. The van der Waals surface area contributed by atoms with Crippen LogP contribution in [0.25, 0.3) is 0 Å². The molecule has 2 rings (SSSR count). The van der Waals surface area contributed by atoms with Crippen LogP contribution in [0.1, 0.15) is 62.5 Å². The van der Waals surface area contributed by atoms with Crippen molar-refractivity contribution < 1.29 is 9.53 Å². The Balaban J connectivity index is 1.85. The fraction of sp³-hybridized carbons (Fsp3) is 0.611. The van der Waals surface area contributed by atoms with Gasteiger partial charge in [0.15, 0.2) is 0 Å². The second-order valence-corrected chi connectivity index (χ2v) is 6.05. The van der Waals surface area contributed by atoms with Gasteiger partial charge >= 0.3 is 5.97 Å². The molecule has 3 nitrogen and oxygen atoms in total. The zero-order chi connectivity index (χ0) is 15.1. The Hall–Kier alpha value is -1.35. The average molecular weight is 289 g/mol. The number of carbonyl (C=O) groups excluding carboxylic acids is 1. The molecule has 0 aromatic heterocycles. The summed E-state index contributed by atoms with van der Waals surface area (Å²) in [7, 11) is 0. The first-order valence-electron chi connectivity index (χ1n) is 8.19. The van der Waals surface area contributed by atoms with Gasteiger partial charge in [-0.15, -0.1) is 0 Å². The lowest BCUT2D eigenvalue weighted by atomic mass is 9.84. The van der Waals surface area contributed by atoms with Crippen molar-refractivity contribution in [2.24, 2.45) is 5.73 Å². The first-order chi connectivity index (χ1) is 10.2. The van der Waals surface area contributed by atoms with Gasteiger partial charge in [0, 0.05) is 6.04 Å². The molecule has 0 spiro atoms. The monoisotopic (exact) mass is 289 g/mol. The van der Waals surface area contributed by atoms with Crippen molar-refractivity contribution in [3.05, 3.63) is 35.4 Å². The zero-order valence-electron chi connectivity index (χ0n) is 13.0. The van der Waals surface area contributed by atoms with Crippen LogP contribution in [0.15, 0.2) is 24.3 Å². The molecule has 0 radical (unpaired) electrons. The van der Waals surface area contributed by atoms with Gasteiger partial charge in [-0.05, 0) is 43.2 Å². The van der Waals surface area contributed by atoms with E-state index in [1.807, 2.05) is 6.92 Å². The zero-order valence-corrected chi connectivity index (χ0v) is 13.0. The van der Waals surface area contributed by atoms with E-state index in [4.69, 9.17) is 10.5 Å². The number of hydrogen-bond donors (Lipinski definition) is 1. The molecule has 0 heterocycles. The van der Waals surface area contributed by atoms with Crippen molar-refractivity contribution in [1.82, 2.24) is 0 Å². The molecule has 3 heteroatoms. The lowest BCUT2D eigenvalue weighted by molar-refractivity contribution is -0.143. The SMILES string of the molecule is CCOC(=O)CC(N)Cc1ccc(C2CCCCC2)cc1. The van der Waals surface area contributed by atoms with E-state index in [0.29, 0.717) is 6.61 Å². The predicted octanol–water partition coefficient (Wildman–Crippen LogP) is 3.56. The minimum absolute atomic E-state index is 0.162. The highest BCUT2D eigenvalue weighted by atomic mass is 16.5. The molecular weight excluding hydrogens is 262 g/mol. The lowest BCUT2D eigenvalue weighted by Crippen LogP contribution is -2.27. The minimum Gasteiger partial charge on any atom is -0.466 e. The summed E-state index contributed by atoms with van der Waals surface area (Å²) in [5.74, 6) is 0.532. The number of benzene rings is 1. The van der Waals surface area contributed by atoms with E-state index in [0.717, 1.165) is 12.3 Å². The van der Waals surface area contributed by atoms with Crippen LogP contribution in [0.2, 0.25) is 0 Å². The number of esters is 1. The van der Waals surface area contributed by atoms with Crippen LogP contribution in [0.4, 0.5) is 0 Å². The second-order valence-electron chi connectivity index (χ2n) is 6.05. The van der Waals surface area contributed by atoms with E-state index >= 15 is 0 Å². The van der Waals surface area contributed by atoms with Gasteiger partial charge in [0.05, 0.1) is 13.0 Å². The van der Waals surface area contributed by atoms with Gasteiger partial charge in [-0.2, -0.15) is 0 Å². The van der Waals surface area contributed by atoms with E-state index in [9.17, 15) is 4.79 Å². The molecule has 1 unspecified atom stereocenters. The van der Waals surface area contributed by atoms with Crippen LogP contribution in [0.5, 0.6) is 0 Å². The highest BCUT2D eigenvalue weighted by Crippen LogP contribution is 2.32. The van der Waals surface area contributed by atoms with Gasteiger partial charge in [-0.1, -0.05) is 43.5 Å². The van der Waals surface area contributed by atoms with Crippen LogP contribution in [-0.2, 0) is 16.0 Å². The van der Waals surface area contributed by atoms with Gasteiger partial charge in [0.1, 0.15) is 0 Å². The highest BCUT2D eigenvalue weighted by molar-refractivity contribution is 5.70. The third-order valence-electron chi connectivity index (χ3n) is 4.29. The van der Waals surface area contributed by atoms with Crippen LogP contribution in [-0.4, -0.2) is 18.6 Å². The molecule has 1 aliphatic rings. The van der Waals surface area contributed by atoms with Crippen LogP contribution in [0.3, 0.4) is 0 Å². The lowest BCUT2D eigenvalue weighted by Gasteiger charge is -2.22. The molecule has 1 aliphatic carbocycles. The van der Waals surface area contributed by atoms with Gasteiger partial charge in [0.25, 0.3) is 0 Å². The van der Waals surface area contributed by atoms with Crippen molar-refractivity contribution in [2.75, 3.05) is 6.61 Å². The molecule has 21 heavy (non-hydrogen) atoms. The first kappa shape index (κ1) is 16.0. The van der Waals surface area contributed by atoms with E-state index in [2.05, 4.69) is 24.3 Å². The average Bonchev–Trinajstić information content (AvgIpc) is 2.49. The predicted molar refractivity (Wildman–Crippen MR) is 85.2 cm³/mol. The Morgan fingerprint density at radius 1 is 1.24 bits per heavy atom. The highest BCUT2D eigenvalue weighted by Gasteiger charge is 2.16. The number of rotatable bonds is 6. The molecule has 1 saturated carbocycles. The van der Waals surface area contributed by atoms with Crippen molar-refractivity contribution >= 4 is 5.97 Å². The topological polar surface area (TPSA) is 52.3 Å². The first-order valence-corrected chi connectivity index (χ1v) is 8.19. The summed E-state index contributed by atoms with van der Waals surface area (Å²) in [6.45, 7) is 2.23. The number of ether oxygens (including phenoxy) is 1. The van der Waals surface area contributed by atoms with Crippen molar-refractivity contribution in [3.63, 3.8) is 0 Å². The summed E-state index contributed by atoms with van der Waals surface area (Å²) >= 11 is 0. The summed E-state index contributed by atoms with van der Waals surface area (Å²) in [6.07, 6.45) is 7.76. The Kier molecular flexibility index (Phi) is 6.24. The van der Waals surface area contributed by atoms with Gasteiger partial charge in [-0.25, -0.2) is 0 Å². The normalized spacial score (nSPS) is 17.4. The molecule has 0 bridgehead atoms. The quantitative estimate of drug-likeness (QED) is 0.815. The fourth-order valence-electron chi connectivity index (χ4n) is 3.17. The third-order valence-corrected chi connectivity index (χ3v) is 4.29. The molecule has 116 valence electrons. The largest absolute Gasteiger partial charge is 0.466 e. The standard InChI is InChI=1S/C18H27NO2/c1-2-21-18(20)13-17(19)12-14-8-10-16(11-9-14)15-6-4-3-5-7-15/h8-11,15,17H,2-7,12-13,19H2,1H3. The van der Waals surface area contributed by atoms with Crippen molar-refractivity contribution in [2.45, 2.75) is 63.8 Å². The van der Waals surface area contributed by atoms with Crippen molar-refractivity contribution in [1.29, 1.82) is 0 Å². The molecule has 0 saturated heterocycles. The van der Waals surface area contributed by atoms with Crippen LogP contribution in [0, 0.1) is 0 Å². The minimum atomic E-state index is -0.205. The van der Waals surface area contributed by atoms with Crippen LogP contribution >= 0.6 is 0 Å². The Morgan fingerprint density at radius 3 is 2.52 bits per heavy atom. The molecular formula is C18H27NO2. The van der Waals surface area contributed by atoms with Crippen LogP contribution < -0.4 is 5.73 Å². The van der Waals surface area contributed by atoms with E-state index in [1.54, 1.807) is 0 Å². The molecule has 1 fully saturated rings. The smallest absolute Gasteiger partial charge is 0.307 e. The summed E-state index contributed by atoms with van der Waals surface area (Å²) in [5.41, 5.74) is 8.67.